The molecule has 3 nitrogen and oxygen atoms in total. The fourth-order valence-corrected chi connectivity index (χ4v) is 1.62. The van der Waals surface area contributed by atoms with Gasteiger partial charge in [-0.05, 0) is 46.7 Å². The maximum atomic E-state index is 5.56. The van der Waals surface area contributed by atoms with Crippen LogP contribution in [0.1, 0.15) is 26.7 Å². The van der Waals surface area contributed by atoms with Gasteiger partial charge in [0.25, 0.3) is 0 Å². The lowest BCUT2D eigenvalue weighted by Crippen LogP contribution is -2.58. The second-order valence-electron chi connectivity index (χ2n) is 4.53. The highest BCUT2D eigenvalue weighted by atomic mass is 15.3. The fraction of sp³-hybridized carbons (Fsp3) is 1.00. The second-order valence-corrected chi connectivity index (χ2v) is 4.53. The van der Waals surface area contributed by atoms with Crippen molar-refractivity contribution in [3.63, 3.8) is 0 Å². The minimum Gasteiger partial charge on any atom is -0.303 e. The van der Waals surface area contributed by atoms with Gasteiger partial charge in [-0.2, -0.15) is 0 Å². The molecule has 0 heterocycles. The Bertz CT molecular complexity index is 150. The van der Waals surface area contributed by atoms with Crippen molar-refractivity contribution in [1.29, 1.82) is 0 Å². The van der Waals surface area contributed by atoms with Crippen LogP contribution >= 0.6 is 0 Å². The predicted octanol–water partition coefficient (Wildman–Crippen LogP) is 0.569. The highest BCUT2D eigenvalue weighted by Crippen LogP contribution is 2.38. The summed E-state index contributed by atoms with van der Waals surface area (Å²) in [7, 11) is 4.21. The molecule has 1 atom stereocenters. The smallest absolute Gasteiger partial charge is 0.0417 e. The summed E-state index contributed by atoms with van der Waals surface area (Å²) in [6.45, 7) is 4.46. The normalized spacial score (nSPS) is 21.5. The average Bonchev–Trinajstić information content (AvgIpc) is 2.72. The van der Waals surface area contributed by atoms with E-state index in [4.69, 9.17) is 5.84 Å². The van der Waals surface area contributed by atoms with Crippen LogP contribution < -0.4 is 11.3 Å². The van der Waals surface area contributed by atoms with E-state index in [-0.39, 0.29) is 5.54 Å². The van der Waals surface area contributed by atoms with Gasteiger partial charge in [0, 0.05) is 11.6 Å². The van der Waals surface area contributed by atoms with Crippen LogP contribution in [0.4, 0.5) is 0 Å². The maximum absolute atomic E-state index is 5.56. The lowest BCUT2D eigenvalue weighted by atomic mass is 9.90. The van der Waals surface area contributed by atoms with Gasteiger partial charge in [0.1, 0.15) is 0 Å². The van der Waals surface area contributed by atoms with Gasteiger partial charge in [0.2, 0.25) is 0 Å². The number of nitrogens with one attached hydrogen (secondary N) is 1. The van der Waals surface area contributed by atoms with Gasteiger partial charge in [-0.3, -0.25) is 11.3 Å². The Morgan fingerprint density at radius 3 is 2.17 bits per heavy atom. The number of hydrazine groups is 1. The molecule has 1 aliphatic rings. The van der Waals surface area contributed by atoms with Crippen LogP contribution in [0.2, 0.25) is 0 Å². The molecular weight excluding hydrogens is 150 g/mol. The first-order valence-corrected chi connectivity index (χ1v) is 4.63. The van der Waals surface area contributed by atoms with E-state index in [0.717, 1.165) is 5.92 Å². The minimum absolute atomic E-state index is 0.149. The van der Waals surface area contributed by atoms with E-state index in [1.165, 1.54) is 12.8 Å². The summed E-state index contributed by atoms with van der Waals surface area (Å²) in [5.41, 5.74) is 3.09. The largest absolute Gasteiger partial charge is 0.303 e. The Kier molecular flexibility index (Phi) is 2.76. The van der Waals surface area contributed by atoms with Gasteiger partial charge in [0.15, 0.2) is 0 Å². The van der Waals surface area contributed by atoms with Crippen LogP contribution in [0.3, 0.4) is 0 Å². The molecule has 1 rings (SSSR count). The third-order valence-corrected chi connectivity index (χ3v) is 3.19. The minimum atomic E-state index is 0.149. The summed E-state index contributed by atoms with van der Waals surface area (Å²) < 4.78 is 0. The number of nitrogens with zero attached hydrogens (tertiary/aromatic N) is 1. The van der Waals surface area contributed by atoms with Gasteiger partial charge in [-0.1, -0.05) is 0 Å². The lowest BCUT2D eigenvalue weighted by molar-refractivity contribution is 0.125. The number of rotatable bonds is 4. The van der Waals surface area contributed by atoms with E-state index in [9.17, 15) is 0 Å². The topological polar surface area (TPSA) is 41.3 Å². The third kappa shape index (κ3) is 1.79. The molecule has 3 N–H and O–H groups in total. The quantitative estimate of drug-likeness (QED) is 0.480. The van der Waals surface area contributed by atoms with Crippen molar-refractivity contribution in [2.24, 2.45) is 11.8 Å². The average molecular weight is 171 g/mol. The second kappa shape index (κ2) is 3.32. The number of nitrogens with two attached hydrogens (primary N) is 1. The monoisotopic (exact) mass is 171 g/mol. The molecule has 0 aromatic carbocycles. The van der Waals surface area contributed by atoms with Gasteiger partial charge in [0.05, 0.1) is 0 Å². The molecule has 0 aromatic rings. The van der Waals surface area contributed by atoms with Gasteiger partial charge in [-0.15, -0.1) is 0 Å². The molecule has 0 bridgehead atoms. The Morgan fingerprint density at radius 2 is 1.92 bits per heavy atom. The van der Waals surface area contributed by atoms with E-state index in [2.05, 4.69) is 38.3 Å². The number of hydrogen-bond donors (Lipinski definition) is 2. The predicted molar refractivity (Wildman–Crippen MR) is 51.6 cm³/mol. The molecule has 0 radical (unpaired) electrons. The van der Waals surface area contributed by atoms with Crippen LogP contribution in [-0.4, -0.2) is 30.6 Å². The summed E-state index contributed by atoms with van der Waals surface area (Å²) in [6.07, 6.45) is 2.65. The summed E-state index contributed by atoms with van der Waals surface area (Å²) in [4.78, 5) is 2.23. The van der Waals surface area contributed by atoms with Crippen molar-refractivity contribution < 1.29 is 0 Å². The molecular formula is C9H21N3. The Labute approximate surface area is 75.3 Å². The van der Waals surface area contributed by atoms with Gasteiger partial charge >= 0.3 is 0 Å². The Morgan fingerprint density at radius 1 is 1.42 bits per heavy atom. The van der Waals surface area contributed by atoms with Crippen LogP contribution in [0.15, 0.2) is 0 Å². The molecule has 1 saturated carbocycles. The zero-order valence-corrected chi connectivity index (χ0v) is 8.59. The number of hydrogen-bond acceptors (Lipinski definition) is 3. The highest BCUT2D eigenvalue weighted by molar-refractivity contribution is 4.99. The van der Waals surface area contributed by atoms with E-state index in [0.29, 0.717) is 6.04 Å². The van der Waals surface area contributed by atoms with Crippen LogP contribution in [0, 0.1) is 5.92 Å². The molecule has 12 heavy (non-hydrogen) atoms. The first-order valence-electron chi connectivity index (χ1n) is 4.63. The van der Waals surface area contributed by atoms with Gasteiger partial charge in [-0.25, -0.2) is 0 Å². The summed E-state index contributed by atoms with van der Waals surface area (Å²) in [5, 5.41) is 0. The van der Waals surface area contributed by atoms with Crippen molar-refractivity contribution in [3.8, 4) is 0 Å². The van der Waals surface area contributed by atoms with Crippen molar-refractivity contribution in [3.05, 3.63) is 0 Å². The zero-order chi connectivity index (χ0) is 9.35. The molecule has 1 unspecified atom stereocenters. The van der Waals surface area contributed by atoms with Crippen LogP contribution in [0.25, 0.3) is 0 Å². The molecule has 0 aliphatic heterocycles. The SMILES string of the molecule is CN(C)C(C)(C)C(NN)C1CC1. The van der Waals surface area contributed by atoms with Crippen molar-refractivity contribution in [2.75, 3.05) is 14.1 Å². The molecule has 72 valence electrons. The van der Waals surface area contributed by atoms with Crippen LogP contribution in [-0.2, 0) is 0 Å². The molecule has 3 heteroatoms. The molecule has 0 amide bonds. The zero-order valence-electron chi connectivity index (χ0n) is 8.59. The highest BCUT2D eigenvalue weighted by Gasteiger charge is 2.41. The van der Waals surface area contributed by atoms with E-state index < -0.39 is 0 Å². The van der Waals surface area contributed by atoms with E-state index in [1.807, 2.05) is 0 Å². The van der Waals surface area contributed by atoms with Crippen molar-refractivity contribution >= 4 is 0 Å². The van der Waals surface area contributed by atoms with Crippen LogP contribution in [0.5, 0.6) is 0 Å². The summed E-state index contributed by atoms with van der Waals surface area (Å²) >= 11 is 0. The lowest BCUT2D eigenvalue weighted by Gasteiger charge is -2.40. The molecule has 0 spiro atoms. The fourth-order valence-electron chi connectivity index (χ4n) is 1.62. The third-order valence-electron chi connectivity index (χ3n) is 3.19. The van der Waals surface area contributed by atoms with Gasteiger partial charge < -0.3 is 4.90 Å². The van der Waals surface area contributed by atoms with Crippen molar-refractivity contribution in [2.45, 2.75) is 38.3 Å². The standard InChI is InChI=1S/C9H21N3/c1-9(2,12(3)4)8(11-10)7-5-6-7/h7-8,11H,5-6,10H2,1-4H3. The molecule has 1 aliphatic carbocycles. The Hall–Kier alpha value is -0.120. The summed E-state index contributed by atoms with van der Waals surface area (Å²) in [6, 6.07) is 0.424. The number of likely N-dealkylation sites (N-methyl/N-ethyl adjacent to an activating group) is 1. The molecule has 0 aromatic heterocycles. The molecule has 0 saturated heterocycles. The maximum Gasteiger partial charge on any atom is 0.0417 e. The summed E-state index contributed by atoms with van der Waals surface area (Å²) in [5.74, 6) is 6.35. The van der Waals surface area contributed by atoms with E-state index in [1.54, 1.807) is 0 Å². The van der Waals surface area contributed by atoms with E-state index >= 15 is 0 Å². The first-order chi connectivity index (χ1) is 5.50. The molecule has 1 fully saturated rings. The first kappa shape index (κ1) is 9.96. The Balaban J connectivity index is 2.61. The van der Waals surface area contributed by atoms with Crippen molar-refractivity contribution in [1.82, 2.24) is 10.3 Å².